The third-order valence-corrected chi connectivity index (χ3v) is 3.92. The molecule has 148 valence electrons. The summed E-state index contributed by atoms with van der Waals surface area (Å²) in [5, 5.41) is 12.8. The van der Waals surface area contributed by atoms with Crippen molar-refractivity contribution in [2.75, 3.05) is 19.0 Å². The van der Waals surface area contributed by atoms with Gasteiger partial charge >= 0.3 is 5.97 Å². The van der Waals surface area contributed by atoms with Gasteiger partial charge in [-0.25, -0.2) is 0 Å². The highest BCUT2D eigenvalue weighted by molar-refractivity contribution is 6.30. The predicted octanol–water partition coefficient (Wildman–Crippen LogP) is 5.79. The van der Waals surface area contributed by atoms with E-state index in [9.17, 15) is 4.79 Å². The molecule has 0 aliphatic rings. The lowest BCUT2D eigenvalue weighted by Gasteiger charge is -2.18. The van der Waals surface area contributed by atoms with Crippen LogP contribution in [-0.2, 0) is 4.79 Å². The number of nitrogens with one attached hydrogen (secondary N) is 1. The average Bonchev–Trinajstić information content (AvgIpc) is 2.67. The van der Waals surface area contributed by atoms with E-state index < -0.39 is 5.97 Å². The van der Waals surface area contributed by atoms with Crippen LogP contribution in [0.25, 0.3) is 0 Å². The van der Waals surface area contributed by atoms with Gasteiger partial charge in [-0.2, -0.15) is 0 Å². The standard InChI is InChI=1S/C19H22ClNO4.C2H6/c1-13(14-5-7-15(20)8-6-14)21-16-10-17(24-2)12-18(11-16)25-9-3-4-19(22)23;1-2/h5-8,10-13,21H,3-4,9H2,1-2H3,(H,22,23);1-2H3. The quantitative estimate of drug-likeness (QED) is 0.527. The molecule has 0 radical (unpaired) electrons. The molecule has 2 aromatic carbocycles. The molecule has 0 heterocycles. The Morgan fingerprint density at radius 2 is 1.78 bits per heavy atom. The Bertz CT molecular complexity index is 704. The van der Waals surface area contributed by atoms with Crippen LogP contribution < -0.4 is 14.8 Å². The molecule has 0 bridgehead atoms. The first-order chi connectivity index (χ1) is 13.0. The molecule has 1 unspecified atom stereocenters. The molecule has 0 aromatic heterocycles. The van der Waals surface area contributed by atoms with Crippen molar-refractivity contribution < 1.29 is 19.4 Å². The van der Waals surface area contributed by atoms with Crippen molar-refractivity contribution in [3.05, 3.63) is 53.1 Å². The minimum atomic E-state index is -0.826. The normalized spacial score (nSPS) is 11.0. The van der Waals surface area contributed by atoms with Gasteiger partial charge in [0.25, 0.3) is 0 Å². The Hall–Kier alpha value is -2.40. The number of hydrogen-bond acceptors (Lipinski definition) is 4. The fourth-order valence-electron chi connectivity index (χ4n) is 2.35. The molecule has 2 N–H and O–H groups in total. The summed E-state index contributed by atoms with van der Waals surface area (Å²) in [5.41, 5.74) is 1.96. The number of carboxylic acid groups (broad SMARTS) is 1. The zero-order chi connectivity index (χ0) is 20.2. The summed E-state index contributed by atoms with van der Waals surface area (Å²) in [5.74, 6) is 0.477. The molecule has 5 nitrogen and oxygen atoms in total. The Labute approximate surface area is 166 Å². The van der Waals surface area contributed by atoms with Crippen LogP contribution in [-0.4, -0.2) is 24.8 Å². The highest BCUT2D eigenvalue weighted by Crippen LogP contribution is 2.29. The fraction of sp³-hybridized carbons (Fsp3) is 0.381. The summed E-state index contributed by atoms with van der Waals surface area (Å²) in [7, 11) is 1.59. The van der Waals surface area contributed by atoms with E-state index in [0.717, 1.165) is 11.3 Å². The number of hydrogen-bond donors (Lipinski definition) is 2. The van der Waals surface area contributed by atoms with Crippen molar-refractivity contribution in [2.24, 2.45) is 0 Å². The van der Waals surface area contributed by atoms with Gasteiger partial charge in [0.15, 0.2) is 0 Å². The lowest BCUT2D eigenvalue weighted by Crippen LogP contribution is -2.07. The molecule has 0 saturated carbocycles. The molecule has 0 saturated heterocycles. The van der Waals surface area contributed by atoms with E-state index in [1.54, 1.807) is 13.2 Å². The number of methoxy groups -OCH3 is 1. The lowest BCUT2D eigenvalue weighted by atomic mass is 10.1. The molecule has 2 rings (SSSR count). The van der Waals surface area contributed by atoms with E-state index >= 15 is 0 Å². The van der Waals surface area contributed by atoms with Crippen LogP contribution in [0.2, 0.25) is 5.02 Å². The summed E-state index contributed by atoms with van der Waals surface area (Å²) >= 11 is 5.93. The maximum atomic E-state index is 10.5. The molecule has 0 spiro atoms. The third-order valence-electron chi connectivity index (χ3n) is 3.67. The average molecular weight is 394 g/mol. The Kier molecular flexibility index (Phi) is 10.1. The summed E-state index contributed by atoms with van der Waals surface area (Å²) in [6.45, 7) is 6.39. The SMILES string of the molecule is CC.COc1cc(NC(C)c2ccc(Cl)cc2)cc(OCCCC(=O)O)c1. The van der Waals surface area contributed by atoms with Gasteiger partial charge in [-0.1, -0.05) is 37.6 Å². The largest absolute Gasteiger partial charge is 0.497 e. The van der Waals surface area contributed by atoms with Gasteiger partial charge in [0.2, 0.25) is 0 Å². The predicted molar refractivity (Wildman–Crippen MR) is 110 cm³/mol. The summed E-state index contributed by atoms with van der Waals surface area (Å²) in [4.78, 5) is 10.5. The first kappa shape index (κ1) is 22.6. The Morgan fingerprint density at radius 3 is 2.37 bits per heavy atom. The van der Waals surface area contributed by atoms with E-state index in [1.165, 1.54) is 0 Å². The molecular weight excluding hydrogens is 366 g/mol. The number of halogens is 1. The number of anilines is 1. The second kappa shape index (κ2) is 12.1. The minimum Gasteiger partial charge on any atom is -0.497 e. The van der Waals surface area contributed by atoms with Gasteiger partial charge in [0.1, 0.15) is 11.5 Å². The van der Waals surface area contributed by atoms with Gasteiger partial charge in [-0.3, -0.25) is 4.79 Å². The minimum absolute atomic E-state index is 0.0734. The Morgan fingerprint density at radius 1 is 1.15 bits per heavy atom. The first-order valence-corrected chi connectivity index (χ1v) is 9.41. The van der Waals surface area contributed by atoms with E-state index in [4.69, 9.17) is 26.2 Å². The van der Waals surface area contributed by atoms with Crippen LogP contribution in [0.5, 0.6) is 11.5 Å². The van der Waals surface area contributed by atoms with Gasteiger partial charge in [0, 0.05) is 41.4 Å². The molecule has 6 heteroatoms. The first-order valence-electron chi connectivity index (χ1n) is 9.03. The van der Waals surface area contributed by atoms with Gasteiger partial charge in [-0.05, 0) is 31.0 Å². The monoisotopic (exact) mass is 393 g/mol. The van der Waals surface area contributed by atoms with Crippen LogP contribution in [0.4, 0.5) is 5.69 Å². The molecule has 27 heavy (non-hydrogen) atoms. The highest BCUT2D eigenvalue weighted by Gasteiger charge is 2.08. The van der Waals surface area contributed by atoms with E-state index in [2.05, 4.69) is 12.2 Å². The molecule has 0 aliphatic heterocycles. The van der Waals surface area contributed by atoms with Gasteiger partial charge in [-0.15, -0.1) is 0 Å². The number of rotatable bonds is 9. The molecule has 0 aliphatic carbocycles. The third kappa shape index (κ3) is 8.22. The molecular formula is C21H28ClNO4. The van der Waals surface area contributed by atoms with E-state index in [-0.39, 0.29) is 12.5 Å². The Balaban J connectivity index is 0.00000176. The number of carbonyl (C=O) groups is 1. The fourth-order valence-corrected chi connectivity index (χ4v) is 2.48. The zero-order valence-electron chi connectivity index (χ0n) is 16.3. The number of carboxylic acids is 1. The number of benzene rings is 2. The van der Waals surface area contributed by atoms with Crippen molar-refractivity contribution >= 4 is 23.3 Å². The number of ether oxygens (including phenoxy) is 2. The summed E-state index contributed by atoms with van der Waals surface area (Å²) in [6.07, 6.45) is 0.541. The van der Waals surface area contributed by atoms with Crippen molar-refractivity contribution in [3.63, 3.8) is 0 Å². The molecule has 1 atom stereocenters. The zero-order valence-corrected chi connectivity index (χ0v) is 17.0. The smallest absolute Gasteiger partial charge is 0.303 e. The summed E-state index contributed by atoms with van der Waals surface area (Å²) < 4.78 is 11.0. The topological polar surface area (TPSA) is 67.8 Å². The van der Waals surface area contributed by atoms with E-state index in [0.29, 0.717) is 29.5 Å². The summed E-state index contributed by atoms with van der Waals surface area (Å²) in [6, 6.07) is 13.3. The van der Waals surface area contributed by atoms with Crippen molar-refractivity contribution in [2.45, 2.75) is 39.7 Å². The van der Waals surface area contributed by atoms with Crippen molar-refractivity contribution in [1.29, 1.82) is 0 Å². The van der Waals surface area contributed by atoms with Crippen LogP contribution in [0.3, 0.4) is 0 Å². The van der Waals surface area contributed by atoms with Crippen molar-refractivity contribution in [3.8, 4) is 11.5 Å². The second-order valence-electron chi connectivity index (χ2n) is 5.66. The number of aliphatic carboxylic acids is 1. The molecule has 2 aromatic rings. The van der Waals surface area contributed by atoms with Crippen molar-refractivity contribution in [1.82, 2.24) is 0 Å². The lowest BCUT2D eigenvalue weighted by molar-refractivity contribution is -0.137. The van der Waals surface area contributed by atoms with Crippen LogP contribution in [0.1, 0.15) is 45.2 Å². The maximum absolute atomic E-state index is 10.5. The van der Waals surface area contributed by atoms with Crippen LogP contribution in [0, 0.1) is 0 Å². The van der Waals surface area contributed by atoms with E-state index in [1.807, 2.05) is 50.2 Å². The van der Waals surface area contributed by atoms with Crippen LogP contribution in [0.15, 0.2) is 42.5 Å². The maximum Gasteiger partial charge on any atom is 0.303 e. The molecule has 0 amide bonds. The molecule has 0 fully saturated rings. The van der Waals surface area contributed by atoms with Crippen LogP contribution >= 0.6 is 11.6 Å². The highest BCUT2D eigenvalue weighted by atomic mass is 35.5. The van der Waals surface area contributed by atoms with Gasteiger partial charge in [0.05, 0.1) is 13.7 Å². The van der Waals surface area contributed by atoms with Gasteiger partial charge < -0.3 is 19.9 Å². The second-order valence-corrected chi connectivity index (χ2v) is 6.10.